The lowest BCUT2D eigenvalue weighted by Gasteiger charge is -2.15. The lowest BCUT2D eigenvalue weighted by molar-refractivity contribution is -0.121. The van der Waals surface area contributed by atoms with Gasteiger partial charge in [0.25, 0.3) is 0 Å². The minimum Gasteiger partial charge on any atom is -0.294 e. The molecule has 2 atom stereocenters. The monoisotopic (exact) mass is 377 g/mol. The largest absolute Gasteiger partial charge is 0.294 e. The van der Waals surface area contributed by atoms with E-state index in [2.05, 4.69) is 39.4 Å². The Balaban J connectivity index is 2.81. The molecule has 0 aliphatic carbocycles. The Kier molecular flexibility index (Phi) is 10.5. The molecule has 0 fully saturated rings. The van der Waals surface area contributed by atoms with Gasteiger partial charge in [-0.2, -0.15) is 15.0 Å². The van der Waals surface area contributed by atoms with Gasteiger partial charge in [0.15, 0.2) is 0 Å². The third-order valence-corrected chi connectivity index (χ3v) is 4.76. The summed E-state index contributed by atoms with van der Waals surface area (Å²) >= 11 is 0. The molecule has 152 valence electrons. The van der Waals surface area contributed by atoms with Crippen molar-refractivity contribution in [3.63, 3.8) is 0 Å². The number of rotatable bonds is 12. The van der Waals surface area contributed by atoms with Gasteiger partial charge in [0.1, 0.15) is 5.82 Å². The van der Waals surface area contributed by atoms with E-state index in [-0.39, 0.29) is 35.5 Å². The van der Waals surface area contributed by atoms with Gasteiger partial charge in [-0.1, -0.05) is 53.4 Å². The zero-order chi connectivity index (χ0) is 20.2. The molecular formula is C20H35N5O2. The van der Waals surface area contributed by atoms with Crippen molar-refractivity contribution in [3.05, 3.63) is 5.82 Å². The number of anilines is 2. The van der Waals surface area contributed by atoms with Crippen LogP contribution in [0, 0.1) is 18.8 Å². The molecule has 0 spiro atoms. The van der Waals surface area contributed by atoms with Gasteiger partial charge in [-0.3, -0.25) is 20.2 Å². The number of nitrogens with one attached hydrogen (secondary N) is 2. The number of aryl methyl sites for hydroxylation is 1. The highest BCUT2D eigenvalue weighted by molar-refractivity contribution is 5.92. The van der Waals surface area contributed by atoms with Gasteiger partial charge in [0.05, 0.1) is 0 Å². The summed E-state index contributed by atoms with van der Waals surface area (Å²) in [6.45, 7) is 9.95. The molecule has 0 saturated heterocycles. The number of hydrogen-bond donors (Lipinski definition) is 2. The first-order valence-electron chi connectivity index (χ1n) is 10.3. The number of aromatic nitrogens is 3. The molecule has 7 heteroatoms. The summed E-state index contributed by atoms with van der Waals surface area (Å²) in [7, 11) is 0. The van der Waals surface area contributed by atoms with Crippen molar-refractivity contribution in [2.45, 2.75) is 86.0 Å². The molecule has 2 N–H and O–H groups in total. The van der Waals surface area contributed by atoms with Crippen LogP contribution in [0.4, 0.5) is 11.9 Å². The Morgan fingerprint density at radius 3 is 1.52 bits per heavy atom. The zero-order valence-corrected chi connectivity index (χ0v) is 17.5. The van der Waals surface area contributed by atoms with E-state index in [0.717, 1.165) is 51.4 Å². The molecule has 0 aliphatic heterocycles. The Labute approximate surface area is 163 Å². The van der Waals surface area contributed by atoms with Crippen LogP contribution < -0.4 is 10.6 Å². The average Bonchev–Trinajstić information content (AvgIpc) is 2.62. The third-order valence-electron chi connectivity index (χ3n) is 4.76. The Morgan fingerprint density at radius 1 is 0.778 bits per heavy atom. The van der Waals surface area contributed by atoms with E-state index in [0.29, 0.717) is 5.82 Å². The van der Waals surface area contributed by atoms with Gasteiger partial charge >= 0.3 is 0 Å². The predicted octanol–water partition coefficient (Wildman–Crippen LogP) is 4.49. The molecule has 2 amide bonds. The zero-order valence-electron chi connectivity index (χ0n) is 17.5. The van der Waals surface area contributed by atoms with Crippen molar-refractivity contribution in [1.82, 2.24) is 15.0 Å². The number of hydrogen-bond acceptors (Lipinski definition) is 5. The quantitative estimate of drug-likeness (QED) is 0.559. The van der Waals surface area contributed by atoms with E-state index in [1.54, 1.807) is 6.92 Å². The van der Waals surface area contributed by atoms with E-state index in [1.165, 1.54) is 0 Å². The van der Waals surface area contributed by atoms with Gasteiger partial charge in [0, 0.05) is 11.8 Å². The van der Waals surface area contributed by atoms with Crippen molar-refractivity contribution < 1.29 is 9.59 Å². The number of carbonyl (C=O) groups excluding carboxylic acids is 2. The van der Waals surface area contributed by atoms with Gasteiger partial charge in [-0.05, 0) is 32.6 Å². The van der Waals surface area contributed by atoms with E-state index in [4.69, 9.17) is 0 Å². The number of unbranched alkanes of at least 4 members (excludes halogenated alkanes) is 2. The highest BCUT2D eigenvalue weighted by Crippen LogP contribution is 2.17. The maximum absolute atomic E-state index is 12.5. The highest BCUT2D eigenvalue weighted by atomic mass is 16.2. The molecule has 7 nitrogen and oxygen atoms in total. The Morgan fingerprint density at radius 2 is 1.19 bits per heavy atom. The molecule has 0 aliphatic rings. The molecule has 0 aromatic carbocycles. The van der Waals surface area contributed by atoms with Gasteiger partial charge in [-0.25, -0.2) is 0 Å². The van der Waals surface area contributed by atoms with Crippen molar-refractivity contribution in [1.29, 1.82) is 0 Å². The van der Waals surface area contributed by atoms with Crippen LogP contribution in [0.1, 0.15) is 84.9 Å². The second kappa shape index (κ2) is 12.4. The summed E-state index contributed by atoms with van der Waals surface area (Å²) in [4.78, 5) is 37.5. The van der Waals surface area contributed by atoms with E-state index in [9.17, 15) is 9.59 Å². The number of nitrogens with zero attached hydrogens (tertiary/aromatic N) is 3. The van der Waals surface area contributed by atoms with Crippen LogP contribution in [-0.4, -0.2) is 26.8 Å². The topological polar surface area (TPSA) is 96.9 Å². The molecule has 1 aromatic rings. The minimum atomic E-state index is -0.0804. The number of amides is 2. The SMILES string of the molecule is CCCCC(CC)C(=O)Nc1nc(C)nc(NC(=O)C(CC)CCCC)n1. The maximum Gasteiger partial charge on any atom is 0.234 e. The van der Waals surface area contributed by atoms with Crippen LogP contribution in [0.25, 0.3) is 0 Å². The lowest BCUT2D eigenvalue weighted by Crippen LogP contribution is -2.26. The second-order valence-electron chi connectivity index (χ2n) is 7.00. The molecule has 27 heavy (non-hydrogen) atoms. The fourth-order valence-corrected chi connectivity index (χ4v) is 2.96. The second-order valence-corrected chi connectivity index (χ2v) is 7.00. The van der Waals surface area contributed by atoms with Crippen LogP contribution >= 0.6 is 0 Å². The normalized spacial score (nSPS) is 13.1. The summed E-state index contributed by atoms with van der Waals surface area (Å²) in [6, 6.07) is 0. The van der Waals surface area contributed by atoms with E-state index >= 15 is 0 Å². The highest BCUT2D eigenvalue weighted by Gasteiger charge is 2.20. The maximum atomic E-state index is 12.5. The van der Waals surface area contributed by atoms with Gasteiger partial charge in [0.2, 0.25) is 23.7 Å². The molecule has 1 rings (SSSR count). The Hall–Kier alpha value is -2.05. The first-order valence-corrected chi connectivity index (χ1v) is 10.3. The average molecular weight is 378 g/mol. The lowest BCUT2D eigenvalue weighted by atomic mass is 9.98. The summed E-state index contributed by atoms with van der Waals surface area (Å²) in [5, 5.41) is 5.56. The standard InChI is InChI=1S/C20H35N5O2/c1-6-10-12-15(8-3)17(26)23-19-21-14(5)22-20(25-19)24-18(27)16(9-4)13-11-7-2/h15-16H,6-13H2,1-5H3,(H2,21,22,23,24,25,26,27). The van der Waals surface area contributed by atoms with Crippen molar-refractivity contribution in [2.75, 3.05) is 10.6 Å². The first kappa shape index (κ1) is 23.0. The van der Waals surface area contributed by atoms with Crippen molar-refractivity contribution in [3.8, 4) is 0 Å². The first-order chi connectivity index (χ1) is 12.9. The molecule has 2 unspecified atom stereocenters. The molecule has 1 heterocycles. The van der Waals surface area contributed by atoms with Crippen molar-refractivity contribution >= 4 is 23.7 Å². The molecule has 0 bridgehead atoms. The van der Waals surface area contributed by atoms with Crippen LogP contribution in [-0.2, 0) is 9.59 Å². The summed E-state index contributed by atoms with van der Waals surface area (Å²) in [5.41, 5.74) is 0. The smallest absolute Gasteiger partial charge is 0.234 e. The Bertz CT molecular complexity index is 558. The van der Waals surface area contributed by atoms with Crippen LogP contribution in [0.2, 0.25) is 0 Å². The fraction of sp³-hybridized carbons (Fsp3) is 0.750. The van der Waals surface area contributed by atoms with E-state index in [1.807, 2.05) is 13.8 Å². The summed E-state index contributed by atoms with van der Waals surface area (Å²) in [6.07, 6.45) is 7.39. The van der Waals surface area contributed by atoms with Gasteiger partial charge in [-0.15, -0.1) is 0 Å². The molecular weight excluding hydrogens is 342 g/mol. The van der Waals surface area contributed by atoms with Crippen molar-refractivity contribution in [2.24, 2.45) is 11.8 Å². The predicted molar refractivity (Wildman–Crippen MR) is 108 cm³/mol. The third kappa shape index (κ3) is 8.01. The summed E-state index contributed by atoms with van der Waals surface area (Å²) < 4.78 is 0. The van der Waals surface area contributed by atoms with Gasteiger partial charge < -0.3 is 0 Å². The van der Waals surface area contributed by atoms with Crippen LogP contribution in [0.5, 0.6) is 0 Å². The van der Waals surface area contributed by atoms with Crippen LogP contribution in [0.3, 0.4) is 0 Å². The summed E-state index contributed by atoms with van der Waals surface area (Å²) in [5.74, 6) is 0.570. The molecule has 0 saturated carbocycles. The fourth-order valence-electron chi connectivity index (χ4n) is 2.96. The van der Waals surface area contributed by atoms with Crippen LogP contribution in [0.15, 0.2) is 0 Å². The minimum absolute atomic E-state index is 0.0569. The van der Waals surface area contributed by atoms with E-state index < -0.39 is 0 Å². The molecule has 1 aromatic heterocycles. The number of carbonyl (C=O) groups is 2. The molecule has 0 radical (unpaired) electrons.